The van der Waals surface area contributed by atoms with Gasteiger partial charge >= 0.3 is 6.61 Å². The number of hydrogen-bond donors (Lipinski definition) is 1. The first kappa shape index (κ1) is 23.3. The maximum atomic E-state index is 13.0. The summed E-state index contributed by atoms with van der Waals surface area (Å²) in [7, 11) is 0. The van der Waals surface area contributed by atoms with Gasteiger partial charge in [-0.25, -0.2) is 4.68 Å². The maximum absolute atomic E-state index is 13.0. The molecule has 0 aliphatic carbocycles. The van der Waals surface area contributed by atoms with Crippen LogP contribution in [-0.2, 0) is 13.1 Å². The predicted molar refractivity (Wildman–Crippen MR) is 126 cm³/mol. The van der Waals surface area contributed by atoms with E-state index in [2.05, 4.69) is 46.0 Å². The molecule has 0 bridgehead atoms. The molecule has 6 nitrogen and oxygen atoms in total. The van der Waals surface area contributed by atoms with Crippen LogP contribution < -0.4 is 10.1 Å². The lowest BCUT2D eigenvalue weighted by atomic mass is 10.1. The van der Waals surface area contributed by atoms with E-state index in [1.54, 1.807) is 45.7 Å². The topological polar surface area (TPSA) is 56.9 Å². The molecule has 4 rings (SSSR count). The first-order valence-corrected chi connectivity index (χ1v) is 11.8. The van der Waals surface area contributed by atoms with Gasteiger partial charge < -0.3 is 10.1 Å². The quantitative estimate of drug-likeness (QED) is 0.235. The minimum atomic E-state index is -2.96. The Morgan fingerprint density at radius 2 is 2.00 bits per heavy atom. The zero-order valence-electron chi connectivity index (χ0n) is 17.8. The fraction of sp³-hybridized carbons (Fsp3) is 0.217. The normalized spacial score (nSPS) is 11.3. The van der Waals surface area contributed by atoms with Crippen LogP contribution in [0.4, 0.5) is 8.78 Å². The Hall–Kier alpha value is -2.88. The van der Waals surface area contributed by atoms with Gasteiger partial charge in [0.05, 0.1) is 12.7 Å². The summed E-state index contributed by atoms with van der Waals surface area (Å²) in [5.41, 5.74) is 2.64. The lowest BCUT2D eigenvalue weighted by Crippen LogP contribution is -2.19. The van der Waals surface area contributed by atoms with Crippen LogP contribution in [-0.4, -0.2) is 39.0 Å². The third-order valence-electron chi connectivity index (χ3n) is 4.91. The molecule has 1 N–H and O–H groups in total. The molecule has 10 heteroatoms. The van der Waals surface area contributed by atoms with Gasteiger partial charge in [-0.15, -0.1) is 11.8 Å². The van der Waals surface area contributed by atoms with E-state index in [1.165, 1.54) is 22.6 Å². The molecule has 2 heterocycles. The molecule has 0 saturated carbocycles. The molecule has 0 spiro atoms. The van der Waals surface area contributed by atoms with E-state index in [9.17, 15) is 8.78 Å². The molecule has 2 aromatic carbocycles. The van der Waals surface area contributed by atoms with Crippen molar-refractivity contribution < 1.29 is 13.5 Å². The van der Waals surface area contributed by atoms with E-state index in [0.717, 1.165) is 6.54 Å². The molecular formula is C23H22ClF2N5OS. The molecule has 0 aliphatic heterocycles. The van der Waals surface area contributed by atoms with Crippen molar-refractivity contribution in [2.75, 3.05) is 12.8 Å². The second-order valence-electron chi connectivity index (χ2n) is 7.12. The van der Waals surface area contributed by atoms with Gasteiger partial charge in [0.1, 0.15) is 17.1 Å². The van der Waals surface area contributed by atoms with Gasteiger partial charge in [-0.05, 0) is 48.2 Å². The third kappa shape index (κ3) is 5.93. The second-order valence-corrected chi connectivity index (χ2v) is 8.44. The number of halogens is 3. The first-order chi connectivity index (χ1) is 16.0. The molecule has 0 saturated heterocycles. The van der Waals surface area contributed by atoms with Crippen molar-refractivity contribution in [1.29, 1.82) is 0 Å². The highest BCUT2D eigenvalue weighted by Crippen LogP contribution is 2.36. The molecule has 0 unspecified atom stereocenters. The second kappa shape index (κ2) is 10.8. The van der Waals surface area contributed by atoms with E-state index in [1.807, 2.05) is 6.20 Å². The van der Waals surface area contributed by atoms with E-state index >= 15 is 0 Å². The van der Waals surface area contributed by atoms with Crippen LogP contribution in [0.1, 0.15) is 5.56 Å². The number of nitrogens with zero attached hydrogens (tertiary/aromatic N) is 4. The minimum absolute atomic E-state index is 0.000120. The van der Waals surface area contributed by atoms with Crippen molar-refractivity contribution >= 4 is 23.4 Å². The minimum Gasteiger partial charge on any atom is -0.434 e. The van der Waals surface area contributed by atoms with Crippen LogP contribution in [0.5, 0.6) is 5.75 Å². The number of thioether (sulfide) groups is 1. The SMILES string of the molecule is CSc1ccc(CNCCn2cc(-n3cccn3)c(-c3cc(Cl)ccc3OC(F)F)n2)cc1. The number of hydrogen-bond acceptors (Lipinski definition) is 5. The fourth-order valence-electron chi connectivity index (χ4n) is 3.35. The first-order valence-electron chi connectivity index (χ1n) is 10.2. The molecular weight excluding hydrogens is 468 g/mol. The Labute approximate surface area is 199 Å². The highest BCUT2D eigenvalue weighted by molar-refractivity contribution is 7.98. The lowest BCUT2D eigenvalue weighted by molar-refractivity contribution is -0.0494. The van der Waals surface area contributed by atoms with Crippen molar-refractivity contribution in [2.45, 2.75) is 24.6 Å². The lowest BCUT2D eigenvalue weighted by Gasteiger charge is -2.11. The van der Waals surface area contributed by atoms with Gasteiger partial charge in [-0.2, -0.15) is 19.0 Å². The predicted octanol–water partition coefficient (Wildman–Crippen LogP) is 5.50. The third-order valence-corrected chi connectivity index (χ3v) is 5.89. The number of aromatic nitrogens is 4. The average Bonchev–Trinajstić information content (AvgIpc) is 3.48. The summed E-state index contributed by atoms with van der Waals surface area (Å²) >= 11 is 7.87. The zero-order chi connectivity index (χ0) is 23.2. The van der Waals surface area contributed by atoms with Crippen LogP contribution in [0, 0.1) is 0 Å². The molecule has 172 valence electrons. The van der Waals surface area contributed by atoms with Gasteiger partial charge in [-0.3, -0.25) is 4.68 Å². The highest BCUT2D eigenvalue weighted by atomic mass is 35.5. The standard InChI is InChI=1S/C23H22ClF2N5OS/c1-33-18-6-3-16(4-7-18)14-27-10-12-30-15-20(31-11-2-9-28-31)22(29-30)19-13-17(24)5-8-21(19)32-23(25)26/h2-9,11,13,15,23,27H,10,12,14H2,1H3. The highest BCUT2D eigenvalue weighted by Gasteiger charge is 2.20. The van der Waals surface area contributed by atoms with Gasteiger partial charge in [-0.1, -0.05) is 23.7 Å². The van der Waals surface area contributed by atoms with E-state index in [4.69, 9.17) is 16.3 Å². The molecule has 0 atom stereocenters. The van der Waals surface area contributed by atoms with Crippen molar-refractivity contribution in [1.82, 2.24) is 24.9 Å². The summed E-state index contributed by atoms with van der Waals surface area (Å²) in [6, 6.07) is 14.7. The summed E-state index contributed by atoms with van der Waals surface area (Å²) in [5, 5.41) is 12.7. The molecule has 33 heavy (non-hydrogen) atoms. The molecule has 4 aromatic rings. The monoisotopic (exact) mass is 489 g/mol. The molecule has 0 fully saturated rings. The van der Waals surface area contributed by atoms with Crippen molar-refractivity contribution in [3.05, 3.63) is 77.7 Å². The largest absolute Gasteiger partial charge is 0.434 e. The average molecular weight is 490 g/mol. The van der Waals surface area contributed by atoms with Crippen molar-refractivity contribution in [3.63, 3.8) is 0 Å². The van der Waals surface area contributed by atoms with Crippen molar-refractivity contribution in [3.8, 4) is 22.7 Å². The van der Waals surface area contributed by atoms with Crippen molar-refractivity contribution in [2.24, 2.45) is 0 Å². The summed E-state index contributed by atoms with van der Waals surface area (Å²) in [6.07, 6.45) is 7.28. The number of nitrogens with one attached hydrogen (secondary N) is 1. The van der Waals surface area contributed by atoms with Crippen LogP contribution in [0.15, 0.2) is 72.0 Å². The van der Waals surface area contributed by atoms with Crippen LogP contribution in [0.3, 0.4) is 0 Å². The Balaban J connectivity index is 1.54. The van der Waals surface area contributed by atoms with Gasteiger partial charge in [0.2, 0.25) is 0 Å². The summed E-state index contributed by atoms with van der Waals surface area (Å²) < 4.78 is 34.1. The number of benzene rings is 2. The maximum Gasteiger partial charge on any atom is 0.387 e. The molecule has 2 aromatic heterocycles. The van der Waals surface area contributed by atoms with Crippen LogP contribution in [0.25, 0.3) is 16.9 Å². The Morgan fingerprint density at radius 3 is 2.70 bits per heavy atom. The fourth-order valence-corrected chi connectivity index (χ4v) is 3.93. The smallest absolute Gasteiger partial charge is 0.387 e. The molecule has 0 radical (unpaired) electrons. The zero-order valence-corrected chi connectivity index (χ0v) is 19.4. The summed E-state index contributed by atoms with van der Waals surface area (Å²) in [4.78, 5) is 1.23. The molecule has 0 aliphatic rings. The number of rotatable bonds is 10. The van der Waals surface area contributed by atoms with Crippen LogP contribution >= 0.6 is 23.4 Å². The molecule has 0 amide bonds. The van der Waals surface area contributed by atoms with Gasteiger partial charge in [0, 0.05) is 41.0 Å². The van der Waals surface area contributed by atoms with Gasteiger partial charge in [0.15, 0.2) is 0 Å². The van der Waals surface area contributed by atoms with Gasteiger partial charge in [0.25, 0.3) is 0 Å². The Morgan fingerprint density at radius 1 is 1.18 bits per heavy atom. The Kier molecular flexibility index (Phi) is 7.64. The number of ether oxygens (including phenoxy) is 1. The van der Waals surface area contributed by atoms with Crippen LogP contribution in [0.2, 0.25) is 5.02 Å². The van der Waals surface area contributed by atoms with E-state index in [-0.39, 0.29) is 5.75 Å². The van der Waals surface area contributed by atoms with E-state index < -0.39 is 6.61 Å². The number of alkyl halides is 2. The Bertz CT molecular complexity index is 1180. The summed E-state index contributed by atoms with van der Waals surface area (Å²) in [6.45, 7) is -0.993. The van der Waals surface area contributed by atoms with E-state index in [0.29, 0.717) is 35.1 Å². The summed E-state index contributed by atoms with van der Waals surface area (Å²) in [5.74, 6) is -0.000120.